The van der Waals surface area contributed by atoms with Gasteiger partial charge in [-0.25, -0.2) is 11.1 Å². The van der Waals surface area contributed by atoms with Crippen LogP contribution in [0.25, 0.3) is 0 Å². The summed E-state index contributed by atoms with van der Waals surface area (Å²) in [5.74, 6) is 0. The zero-order valence-corrected chi connectivity index (χ0v) is 14.5. The molecule has 0 amide bonds. The van der Waals surface area contributed by atoms with Crippen molar-refractivity contribution in [3.8, 4) is 0 Å². The van der Waals surface area contributed by atoms with E-state index in [-0.39, 0.29) is 55.7 Å². The first-order valence-electron chi connectivity index (χ1n) is 3.71. The van der Waals surface area contributed by atoms with Gasteiger partial charge in [-0.3, -0.25) is 6.08 Å². The van der Waals surface area contributed by atoms with Crippen molar-refractivity contribution in [2.45, 2.75) is 33.4 Å². The Morgan fingerprint density at radius 3 is 1.69 bits per heavy atom. The predicted molar refractivity (Wildman–Crippen MR) is 49.7 cm³/mol. The Hall–Kier alpha value is 1.37. The van der Waals surface area contributed by atoms with Gasteiger partial charge in [0.1, 0.15) is 0 Å². The first-order valence-corrected chi connectivity index (χ1v) is 6.01. The molecule has 0 aromatic rings. The van der Waals surface area contributed by atoms with Crippen molar-refractivity contribution in [2.75, 3.05) is 0 Å². The molecule has 1 aliphatic carbocycles. The molecular formula is C9H16Br2SiTi. The quantitative estimate of drug-likeness (QED) is 0.313. The largest absolute Gasteiger partial charge is 3.00 e. The predicted octanol–water partition coefficient (Wildman–Crippen LogP) is -3.39. The van der Waals surface area contributed by atoms with Crippen LogP contribution in [-0.4, -0.2) is 9.52 Å². The van der Waals surface area contributed by atoms with Crippen LogP contribution in [0.3, 0.4) is 0 Å². The van der Waals surface area contributed by atoms with Crippen molar-refractivity contribution in [3.63, 3.8) is 0 Å². The Kier molecular flexibility index (Phi) is 29.1. The average Bonchev–Trinajstić information content (AvgIpc) is 2.19. The monoisotopic (exact) mass is 358 g/mol. The molecule has 1 aliphatic rings. The molecule has 0 heterocycles. The molecule has 0 unspecified atom stereocenters. The van der Waals surface area contributed by atoms with Gasteiger partial charge in [-0.15, -0.1) is 13.3 Å². The fourth-order valence-corrected chi connectivity index (χ4v) is 0.650. The average molecular weight is 360 g/mol. The second kappa shape index (κ2) is 15.8. The molecule has 13 heavy (non-hydrogen) atoms. The molecule has 1 rings (SSSR count). The summed E-state index contributed by atoms with van der Waals surface area (Å²) in [6.45, 7) is 8.63. The van der Waals surface area contributed by atoms with Crippen molar-refractivity contribution >= 4 is 9.52 Å². The molecule has 0 nitrogen and oxygen atoms in total. The normalized spacial score (nSPS) is 11.7. The zero-order chi connectivity index (χ0) is 7.98. The van der Waals surface area contributed by atoms with Crippen molar-refractivity contribution in [1.82, 2.24) is 0 Å². The number of hydrogen-bond donors (Lipinski definition) is 0. The van der Waals surface area contributed by atoms with Crippen LogP contribution in [0, 0.1) is 6.08 Å². The van der Waals surface area contributed by atoms with Gasteiger partial charge in [0.2, 0.25) is 0 Å². The molecule has 0 aliphatic heterocycles. The van der Waals surface area contributed by atoms with E-state index in [0.717, 1.165) is 15.9 Å². The number of rotatable bonds is 0. The number of hydrogen-bond acceptors (Lipinski definition) is 0. The Labute approximate surface area is 121 Å². The molecule has 4 heteroatoms. The van der Waals surface area contributed by atoms with Gasteiger partial charge in [-0.05, 0) is 0 Å². The molecule has 2 radical (unpaired) electrons. The van der Waals surface area contributed by atoms with Crippen molar-refractivity contribution in [3.05, 3.63) is 23.3 Å². The Morgan fingerprint density at radius 2 is 1.62 bits per heavy atom. The van der Waals surface area contributed by atoms with Crippen molar-refractivity contribution in [2.24, 2.45) is 0 Å². The Morgan fingerprint density at radius 1 is 1.23 bits per heavy atom. The minimum atomic E-state index is 0. The summed E-state index contributed by atoms with van der Waals surface area (Å²) >= 11 is 0. The number of halogens is 2. The molecule has 0 bridgehead atoms. The molecule has 0 atom stereocenters. The van der Waals surface area contributed by atoms with Crippen LogP contribution >= 0.6 is 0 Å². The molecular weight excluding hydrogens is 344 g/mol. The Bertz CT molecular complexity index is 140. The van der Waals surface area contributed by atoms with Gasteiger partial charge in [0, 0.05) is 9.52 Å². The van der Waals surface area contributed by atoms with E-state index in [1.54, 1.807) is 0 Å². The van der Waals surface area contributed by atoms with E-state index in [4.69, 9.17) is 0 Å². The molecule has 0 N–H and O–H groups in total. The van der Waals surface area contributed by atoms with Gasteiger partial charge in [-0.2, -0.15) is 6.08 Å². The first kappa shape index (κ1) is 23.9. The molecule has 0 aromatic carbocycles. The summed E-state index contributed by atoms with van der Waals surface area (Å²) in [5, 5.41) is 0. The van der Waals surface area contributed by atoms with Crippen LogP contribution in [-0.2, 0) is 21.7 Å². The molecule has 0 saturated carbocycles. The first-order chi connectivity index (χ1) is 4.72. The summed E-state index contributed by atoms with van der Waals surface area (Å²) < 4.78 is 0. The third-order valence-corrected chi connectivity index (χ3v) is 1.37. The minimum absolute atomic E-state index is 0. The maximum Gasteiger partial charge on any atom is 3.00 e. The standard InChI is InChI=1S/C7H9.C2H7Si.2BrH.Ti/c1-6-4-3-5-7(6)2;1-3-2;;;/h4H,3H2,1-2H3;3H,1-2H3;2*1H;/q-1;;;;+3/p-2. The number of allylic oxidation sites excluding steroid dienone is 4. The fraction of sp³-hybridized carbons (Fsp3) is 0.556. The fourth-order valence-electron chi connectivity index (χ4n) is 0.650. The summed E-state index contributed by atoms with van der Waals surface area (Å²) in [6.07, 6.45) is 6.41. The van der Waals surface area contributed by atoms with Gasteiger partial charge in [0.25, 0.3) is 0 Å². The molecule has 74 valence electrons. The summed E-state index contributed by atoms with van der Waals surface area (Å²) in [5.41, 5.74) is 2.71. The van der Waals surface area contributed by atoms with Gasteiger partial charge >= 0.3 is 21.7 Å². The molecule has 0 aromatic heterocycles. The van der Waals surface area contributed by atoms with Gasteiger partial charge in [-0.1, -0.05) is 20.0 Å². The van der Waals surface area contributed by atoms with Crippen LogP contribution in [0.4, 0.5) is 0 Å². The van der Waals surface area contributed by atoms with Gasteiger partial charge in [0.15, 0.2) is 0 Å². The third kappa shape index (κ3) is 13.4. The van der Waals surface area contributed by atoms with E-state index < -0.39 is 0 Å². The second-order valence-corrected chi connectivity index (χ2v) is 3.63. The van der Waals surface area contributed by atoms with Gasteiger partial charge in [0.05, 0.1) is 0 Å². The smallest absolute Gasteiger partial charge is 1.00 e. The van der Waals surface area contributed by atoms with Crippen LogP contribution in [0.2, 0.25) is 13.1 Å². The topological polar surface area (TPSA) is 0 Å². The zero-order valence-electron chi connectivity index (χ0n) is 8.62. The van der Waals surface area contributed by atoms with E-state index >= 15 is 0 Å². The van der Waals surface area contributed by atoms with Crippen molar-refractivity contribution < 1.29 is 55.7 Å². The maximum absolute atomic E-state index is 3.19. The van der Waals surface area contributed by atoms with Crippen LogP contribution in [0.15, 0.2) is 17.2 Å². The summed E-state index contributed by atoms with van der Waals surface area (Å²) in [4.78, 5) is 0. The summed E-state index contributed by atoms with van der Waals surface area (Å²) in [7, 11) is 0.750. The van der Waals surface area contributed by atoms with Crippen LogP contribution < -0.4 is 34.0 Å². The molecule has 0 spiro atoms. The van der Waals surface area contributed by atoms with E-state index in [0.29, 0.717) is 0 Å². The van der Waals surface area contributed by atoms with E-state index in [9.17, 15) is 0 Å². The van der Waals surface area contributed by atoms with Crippen LogP contribution in [0.1, 0.15) is 20.3 Å². The maximum atomic E-state index is 3.19. The SMILES string of the molecule is CC1=[C-]CC=C1C.C[SiH]C.[Br-].[Br-].[Ti+3]. The third-order valence-electron chi connectivity index (χ3n) is 1.37. The molecule has 0 saturated heterocycles. The van der Waals surface area contributed by atoms with E-state index in [1.165, 1.54) is 11.1 Å². The van der Waals surface area contributed by atoms with Crippen molar-refractivity contribution in [1.29, 1.82) is 0 Å². The van der Waals surface area contributed by atoms with E-state index in [1.807, 2.05) is 0 Å². The Balaban J connectivity index is -0.0000000615. The van der Waals surface area contributed by atoms with E-state index in [2.05, 4.69) is 39.1 Å². The molecule has 0 fully saturated rings. The minimum Gasteiger partial charge on any atom is -1.00 e. The second-order valence-electron chi connectivity index (χ2n) is 2.47. The van der Waals surface area contributed by atoms with Gasteiger partial charge < -0.3 is 34.0 Å². The summed E-state index contributed by atoms with van der Waals surface area (Å²) in [6, 6.07) is 0. The van der Waals surface area contributed by atoms with Crippen LogP contribution in [0.5, 0.6) is 0 Å².